The molecule has 0 amide bonds. The maximum atomic E-state index is 13.2. The third-order valence-electron chi connectivity index (χ3n) is 7.20. The number of fused-ring (bicyclic) bond motifs is 4. The topological polar surface area (TPSA) is 34.1 Å². The van der Waals surface area contributed by atoms with Gasteiger partial charge in [0.05, 0.1) is 10.1 Å². The Morgan fingerprint density at radius 2 is 1.83 bits per heavy atom. The summed E-state index contributed by atoms with van der Waals surface area (Å²) in [6, 6.07) is 9.06. The van der Waals surface area contributed by atoms with Crippen LogP contribution in [-0.4, -0.2) is 13.7 Å². The summed E-state index contributed by atoms with van der Waals surface area (Å²) in [6.45, 7) is 4.48. The Labute approximate surface area is 144 Å². The third kappa shape index (κ3) is 1.64. The van der Waals surface area contributed by atoms with Crippen LogP contribution >= 0.6 is 0 Å². The van der Waals surface area contributed by atoms with Crippen molar-refractivity contribution >= 4 is 9.84 Å². The van der Waals surface area contributed by atoms with Gasteiger partial charge >= 0.3 is 0 Å². The first-order valence-electron chi connectivity index (χ1n) is 9.13. The molecule has 0 unspecified atom stereocenters. The molecule has 4 bridgehead atoms. The van der Waals surface area contributed by atoms with Crippen LogP contribution < -0.4 is 0 Å². The Kier molecular flexibility index (Phi) is 2.88. The van der Waals surface area contributed by atoms with E-state index in [0.29, 0.717) is 16.7 Å². The summed E-state index contributed by atoms with van der Waals surface area (Å²) in [5.41, 5.74) is 4.90. The number of hydrogen-bond acceptors (Lipinski definition) is 2. The van der Waals surface area contributed by atoms with Crippen LogP contribution in [0.3, 0.4) is 0 Å². The van der Waals surface area contributed by atoms with E-state index in [-0.39, 0.29) is 16.6 Å². The Bertz CT molecular complexity index is 874. The highest BCUT2D eigenvalue weighted by molar-refractivity contribution is 7.92. The van der Waals surface area contributed by atoms with Crippen LogP contribution in [0.15, 0.2) is 58.0 Å². The van der Waals surface area contributed by atoms with E-state index in [1.165, 1.54) is 18.4 Å². The molecule has 0 aromatic heterocycles. The first-order chi connectivity index (χ1) is 11.4. The number of sulfone groups is 1. The third-order valence-corrected chi connectivity index (χ3v) is 9.44. The van der Waals surface area contributed by atoms with E-state index in [0.717, 1.165) is 12.8 Å². The smallest absolute Gasteiger partial charge is 0.181 e. The fraction of sp³-hybridized carbons (Fsp3) is 0.524. The number of rotatable bonds is 2. The minimum absolute atomic E-state index is 0.173. The summed E-state index contributed by atoms with van der Waals surface area (Å²) in [5.74, 6) is 1.47. The molecule has 4 aliphatic rings. The second-order valence-electron chi connectivity index (χ2n) is 8.38. The van der Waals surface area contributed by atoms with E-state index in [1.807, 2.05) is 18.2 Å². The molecule has 4 aliphatic carbocycles. The van der Waals surface area contributed by atoms with Gasteiger partial charge in [-0.05, 0) is 63.5 Å². The highest BCUT2D eigenvalue weighted by Crippen LogP contribution is 2.73. The molecule has 2 nitrogen and oxygen atoms in total. The van der Waals surface area contributed by atoms with Crippen molar-refractivity contribution < 1.29 is 8.42 Å². The van der Waals surface area contributed by atoms with E-state index in [1.54, 1.807) is 23.3 Å². The van der Waals surface area contributed by atoms with Crippen LogP contribution in [0.2, 0.25) is 0 Å². The SMILES string of the molecule is CC(C)=C1[C@H]2CC[C@H]1[C@@]13C[C@@H](C=C21)[C@@H](S(=O)(=O)c1ccccc1)C3. The summed E-state index contributed by atoms with van der Waals surface area (Å²) >= 11 is 0. The van der Waals surface area contributed by atoms with Crippen molar-refractivity contribution in [2.75, 3.05) is 0 Å². The van der Waals surface area contributed by atoms with Gasteiger partial charge < -0.3 is 0 Å². The molecular weight excluding hydrogens is 316 g/mol. The number of hydrogen-bond donors (Lipinski definition) is 0. The summed E-state index contributed by atoms with van der Waals surface area (Å²) in [7, 11) is -3.23. The van der Waals surface area contributed by atoms with E-state index in [4.69, 9.17) is 0 Å². The molecular formula is C21H24O2S. The lowest BCUT2D eigenvalue weighted by Crippen LogP contribution is -2.32. The van der Waals surface area contributed by atoms with Gasteiger partial charge in [0.25, 0.3) is 0 Å². The van der Waals surface area contributed by atoms with Crippen molar-refractivity contribution in [1.29, 1.82) is 0 Å². The first kappa shape index (κ1) is 14.9. The van der Waals surface area contributed by atoms with Crippen LogP contribution in [0.4, 0.5) is 0 Å². The first-order valence-corrected chi connectivity index (χ1v) is 10.7. The van der Waals surface area contributed by atoms with Gasteiger partial charge in [-0.25, -0.2) is 8.42 Å². The van der Waals surface area contributed by atoms with Crippen LogP contribution in [0.25, 0.3) is 0 Å². The Morgan fingerprint density at radius 3 is 2.54 bits per heavy atom. The van der Waals surface area contributed by atoms with Gasteiger partial charge in [0.1, 0.15) is 0 Å². The van der Waals surface area contributed by atoms with Gasteiger partial charge in [0.15, 0.2) is 9.84 Å². The maximum Gasteiger partial charge on any atom is 0.181 e. The van der Waals surface area contributed by atoms with Gasteiger partial charge in [-0.1, -0.05) is 41.0 Å². The lowest BCUT2D eigenvalue weighted by molar-refractivity contribution is 0.257. The molecule has 0 saturated heterocycles. The van der Waals surface area contributed by atoms with Crippen LogP contribution in [0.5, 0.6) is 0 Å². The maximum absolute atomic E-state index is 13.2. The summed E-state index contributed by atoms with van der Waals surface area (Å²) < 4.78 is 26.4. The van der Waals surface area contributed by atoms with Gasteiger partial charge in [-0.2, -0.15) is 0 Å². The van der Waals surface area contributed by atoms with Crippen LogP contribution in [0.1, 0.15) is 39.5 Å². The standard InChI is InChI=1S/C21H24O2S/c1-13(2)20-16-8-9-17(20)21-11-14(10-18(16)21)19(12-21)24(22,23)15-6-4-3-5-7-15/h3-7,10,14,16-17,19H,8-9,11-12H2,1-2H3/t14-,16+,17-,19+,21+/m1/s1. The lowest BCUT2D eigenvalue weighted by atomic mass is 9.70. The van der Waals surface area contributed by atoms with Gasteiger partial charge in [-0.3, -0.25) is 0 Å². The van der Waals surface area contributed by atoms with Crippen LogP contribution in [-0.2, 0) is 9.84 Å². The molecule has 3 saturated carbocycles. The van der Waals surface area contributed by atoms with Crippen molar-refractivity contribution in [2.45, 2.75) is 49.7 Å². The average Bonchev–Trinajstić information content (AvgIpc) is 3.30. The summed E-state index contributed by atoms with van der Waals surface area (Å²) in [6.07, 6.45) is 6.83. The normalized spacial score (nSPS) is 39.2. The lowest BCUT2D eigenvalue weighted by Gasteiger charge is -2.35. The second kappa shape index (κ2) is 4.63. The zero-order valence-corrected chi connectivity index (χ0v) is 15.1. The average molecular weight is 340 g/mol. The summed E-state index contributed by atoms with van der Waals surface area (Å²) in [4.78, 5) is 0.500. The van der Waals surface area contributed by atoms with E-state index in [2.05, 4.69) is 19.9 Å². The largest absolute Gasteiger partial charge is 0.223 e. The monoisotopic (exact) mass is 340 g/mol. The van der Waals surface area contributed by atoms with Crippen molar-refractivity contribution in [3.63, 3.8) is 0 Å². The van der Waals surface area contributed by atoms with Gasteiger partial charge in [0, 0.05) is 11.3 Å². The van der Waals surface area contributed by atoms with Gasteiger partial charge in [-0.15, -0.1) is 0 Å². The number of benzene rings is 1. The van der Waals surface area contributed by atoms with Gasteiger partial charge in [0.2, 0.25) is 0 Å². The fourth-order valence-electron chi connectivity index (χ4n) is 6.50. The molecule has 0 aliphatic heterocycles. The van der Waals surface area contributed by atoms with Crippen molar-refractivity contribution in [3.8, 4) is 0 Å². The van der Waals surface area contributed by atoms with Crippen molar-refractivity contribution in [3.05, 3.63) is 53.1 Å². The number of allylic oxidation sites excluding steroid dienone is 4. The van der Waals surface area contributed by atoms with E-state index < -0.39 is 9.84 Å². The highest BCUT2D eigenvalue weighted by Gasteiger charge is 2.66. The fourth-order valence-corrected chi connectivity index (χ4v) is 8.54. The zero-order chi connectivity index (χ0) is 16.7. The predicted octanol–water partition coefficient (Wildman–Crippen LogP) is 4.54. The molecule has 5 atom stereocenters. The minimum atomic E-state index is -3.23. The molecule has 1 aromatic rings. The van der Waals surface area contributed by atoms with Crippen molar-refractivity contribution in [2.24, 2.45) is 23.2 Å². The molecule has 3 fully saturated rings. The Morgan fingerprint density at radius 1 is 1.08 bits per heavy atom. The molecule has 3 heteroatoms. The molecule has 5 rings (SSSR count). The minimum Gasteiger partial charge on any atom is -0.223 e. The van der Waals surface area contributed by atoms with Crippen molar-refractivity contribution in [1.82, 2.24) is 0 Å². The second-order valence-corrected chi connectivity index (χ2v) is 10.6. The Balaban J connectivity index is 1.57. The van der Waals surface area contributed by atoms with E-state index >= 15 is 0 Å². The zero-order valence-electron chi connectivity index (χ0n) is 14.3. The molecule has 0 N–H and O–H groups in total. The molecule has 0 heterocycles. The Hall–Kier alpha value is -1.35. The predicted molar refractivity (Wildman–Crippen MR) is 95.2 cm³/mol. The molecule has 1 aromatic carbocycles. The molecule has 24 heavy (non-hydrogen) atoms. The molecule has 126 valence electrons. The summed E-state index contributed by atoms with van der Waals surface area (Å²) in [5, 5.41) is -0.221. The van der Waals surface area contributed by atoms with Crippen LogP contribution in [0, 0.1) is 23.2 Å². The quantitative estimate of drug-likeness (QED) is 0.741. The van der Waals surface area contributed by atoms with E-state index in [9.17, 15) is 8.42 Å². The molecule has 0 radical (unpaired) electrons. The highest BCUT2D eigenvalue weighted by atomic mass is 32.2. The molecule has 1 spiro atoms.